The van der Waals surface area contributed by atoms with Crippen molar-refractivity contribution in [2.45, 2.75) is 19.3 Å². The molecule has 0 N–H and O–H groups in total. The van der Waals surface area contributed by atoms with E-state index >= 15 is 0 Å². The number of esters is 4. The van der Waals surface area contributed by atoms with Crippen molar-refractivity contribution in [3.8, 4) is 67.1 Å². The van der Waals surface area contributed by atoms with Gasteiger partial charge in [0.25, 0.3) is 0 Å². The Morgan fingerprint density at radius 2 is 0.515 bits per heavy atom. The van der Waals surface area contributed by atoms with Gasteiger partial charge in [-0.3, -0.25) is 0 Å². The van der Waals surface area contributed by atoms with E-state index in [4.69, 9.17) is 48.8 Å². The smallest absolute Gasteiger partial charge is 0.338 e. The highest BCUT2D eigenvalue weighted by molar-refractivity contribution is 6.31. The van der Waals surface area contributed by atoms with Gasteiger partial charge >= 0.3 is 23.9 Å². The summed E-state index contributed by atoms with van der Waals surface area (Å²) in [5, 5.41) is 19.7. The van der Waals surface area contributed by atoms with Gasteiger partial charge in [0.15, 0.2) is 0 Å². The molecule has 14 nitrogen and oxygen atoms in total. The molecular weight excluding hydrogens is 1280 g/mol. The molecule has 0 radical (unpaired) electrons. The third-order valence-corrected chi connectivity index (χ3v) is 19.7. The Morgan fingerprint density at radius 3 is 0.806 bits per heavy atom. The molecule has 0 saturated carbocycles. The molecule has 0 heterocycles. The fourth-order valence-corrected chi connectivity index (χ4v) is 15.5. The maximum absolute atomic E-state index is 14.2. The van der Waals surface area contributed by atoms with Crippen molar-refractivity contribution < 1.29 is 47.6 Å². The molecule has 0 unspecified atom stereocenters. The van der Waals surface area contributed by atoms with E-state index in [2.05, 4.69) is 72.8 Å². The van der Waals surface area contributed by atoms with Crippen molar-refractivity contribution >= 4 is 46.7 Å². The highest BCUT2D eigenvalue weighted by Crippen LogP contribution is 2.56. The molecule has 14 heteroatoms. The molecule has 12 aromatic rings. The van der Waals surface area contributed by atoms with Crippen molar-refractivity contribution in [2.75, 3.05) is 39.6 Å². The van der Waals surface area contributed by atoms with Crippen LogP contribution < -0.4 is 9.47 Å². The standard InChI is InChI=1S/C89H62N4O10/c1-3-98-85(94)71-35-17-31-67-77(71)59-23-5-9-27-63(59)81(67)90-92-83-65-29-11-7-25-61(65)79-69(83)33-19-37-73(79)87(96)102-51-49-100-55-45-41-53(42-46-55)89(75-39-15-13-21-57(75)58-22-14-16-40-76(58)89)54-43-47-56(48-44-54)101-50-52-103-88(97)74-38-20-34-70-80(74)62-26-8-12-30-66(62)84(70)93-91-82-64-28-10-6-24-60(64)78-68(82)32-18-36-72(78)86(95)99-4-2/h5-48H,3-4,49-52H2,1-2H3. The van der Waals surface area contributed by atoms with Crippen molar-refractivity contribution in [3.05, 3.63) is 356 Å². The normalized spacial score (nSPS) is 14.7. The van der Waals surface area contributed by atoms with Crippen LogP contribution in [0.3, 0.4) is 0 Å². The zero-order valence-corrected chi connectivity index (χ0v) is 56.0. The minimum absolute atomic E-state index is 0.00996. The van der Waals surface area contributed by atoms with Gasteiger partial charge in [-0.2, -0.15) is 0 Å². The maximum atomic E-state index is 14.2. The summed E-state index contributed by atoms with van der Waals surface area (Å²) >= 11 is 0. The van der Waals surface area contributed by atoms with Crippen LogP contribution in [0.2, 0.25) is 0 Å². The largest absolute Gasteiger partial charge is 0.490 e. The van der Waals surface area contributed by atoms with Gasteiger partial charge in [0.05, 0.1) is 40.9 Å². The molecule has 0 aliphatic heterocycles. The third kappa shape index (κ3) is 10.6. The van der Waals surface area contributed by atoms with Gasteiger partial charge in [-0.05, 0) is 118 Å². The second-order valence-electron chi connectivity index (χ2n) is 25.2. The van der Waals surface area contributed by atoms with Gasteiger partial charge in [-0.1, -0.05) is 218 Å². The quantitative estimate of drug-likeness (QED) is 0.0348. The molecule has 17 rings (SSSR count). The lowest BCUT2D eigenvalue weighted by molar-refractivity contribution is 0.0443. The van der Waals surface area contributed by atoms with E-state index in [1.165, 1.54) is 0 Å². The fraction of sp³-hybridized carbons (Fsp3) is 0.101. The molecule has 0 atom stereocenters. The van der Waals surface area contributed by atoms with Crippen LogP contribution in [0.15, 0.2) is 287 Å². The van der Waals surface area contributed by atoms with Crippen LogP contribution >= 0.6 is 0 Å². The second-order valence-corrected chi connectivity index (χ2v) is 25.2. The molecule has 0 saturated heterocycles. The summed E-state index contributed by atoms with van der Waals surface area (Å²) in [6.07, 6.45) is 0. The number of rotatable bonds is 18. The van der Waals surface area contributed by atoms with E-state index in [1.54, 1.807) is 38.1 Å². The number of ether oxygens (including phenoxy) is 6. The first-order valence-corrected chi connectivity index (χ1v) is 34.3. The Kier molecular flexibility index (Phi) is 16.3. The number of hydrogen-bond acceptors (Lipinski definition) is 14. The maximum Gasteiger partial charge on any atom is 0.338 e. The number of hydrogen-bond donors (Lipinski definition) is 0. The van der Waals surface area contributed by atoms with E-state index in [0.717, 1.165) is 111 Å². The topological polar surface area (TPSA) is 173 Å². The van der Waals surface area contributed by atoms with Crippen LogP contribution in [0.4, 0.5) is 0 Å². The minimum Gasteiger partial charge on any atom is -0.490 e. The average Bonchev–Trinajstić information content (AvgIpc) is 1.56. The molecule has 103 heavy (non-hydrogen) atoms. The summed E-state index contributed by atoms with van der Waals surface area (Å²) in [6, 6.07) is 86.8. The second kappa shape index (κ2) is 26.5. The summed E-state index contributed by atoms with van der Waals surface area (Å²) in [5.74, 6) is -0.570. The van der Waals surface area contributed by atoms with E-state index < -0.39 is 29.3 Å². The fourth-order valence-electron chi connectivity index (χ4n) is 15.5. The van der Waals surface area contributed by atoms with Gasteiger partial charge in [-0.25, -0.2) is 19.2 Å². The predicted octanol–water partition coefficient (Wildman–Crippen LogP) is 17.4. The lowest BCUT2D eigenvalue weighted by Gasteiger charge is -2.34. The van der Waals surface area contributed by atoms with Crippen LogP contribution in [-0.2, 0) is 24.4 Å². The number of fused-ring (bicyclic) bond motifs is 15. The Bertz CT molecular complexity index is 5300. The molecule has 5 aliphatic carbocycles. The van der Waals surface area contributed by atoms with Gasteiger partial charge in [-0.15, -0.1) is 20.4 Å². The van der Waals surface area contributed by atoms with Crippen LogP contribution in [0.5, 0.6) is 11.5 Å². The first-order chi connectivity index (χ1) is 50.7. The van der Waals surface area contributed by atoms with Crippen molar-refractivity contribution in [1.29, 1.82) is 0 Å². The molecule has 0 aromatic heterocycles. The Balaban J connectivity index is 0.576. The van der Waals surface area contributed by atoms with Gasteiger partial charge in [0.1, 0.15) is 60.8 Å². The van der Waals surface area contributed by atoms with Gasteiger partial charge in [0, 0.05) is 66.8 Å². The number of carbonyl (C=O) groups is 4. The summed E-state index contributed by atoms with van der Waals surface area (Å²) in [6.45, 7) is 4.27. The summed E-state index contributed by atoms with van der Waals surface area (Å²) in [7, 11) is 0. The number of carbonyl (C=O) groups excluding carboxylic acids is 4. The Morgan fingerprint density at radius 1 is 0.262 bits per heavy atom. The minimum atomic E-state index is -0.723. The van der Waals surface area contributed by atoms with E-state index in [1.807, 2.05) is 170 Å². The molecule has 0 spiro atoms. The van der Waals surface area contributed by atoms with Crippen molar-refractivity contribution in [1.82, 2.24) is 0 Å². The summed E-state index contributed by atoms with van der Waals surface area (Å²) in [5.41, 5.74) is 22.9. The zero-order valence-electron chi connectivity index (χ0n) is 56.0. The van der Waals surface area contributed by atoms with Gasteiger partial charge < -0.3 is 28.4 Å². The molecule has 5 aliphatic rings. The van der Waals surface area contributed by atoms with Crippen molar-refractivity contribution in [3.63, 3.8) is 0 Å². The third-order valence-electron chi connectivity index (χ3n) is 19.7. The zero-order chi connectivity index (χ0) is 69.7. The molecular formula is C89H62N4O10. The highest BCUT2D eigenvalue weighted by Gasteiger charge is 2.46. The number of nitrogens with zero attached hydrogens (tertiary/aromatic N) is 4. The van der Waals surface area contributed by atoms with Crippen LogP contribution in [0.1, 0.15) is 122 Å². The monoisotopic (exact) mass is 1350 g/mol. The van der Waals surface area contributed by atoms with Crippen LogP contribution in [0, 0.1) is 0 Å². The molecule has 12 aromatic carbocycles. The van der Waals surface area contributed by atoms with Crippen LogP contribution in [0.25, 0.3) is 55.6 Å². The molecule has 0 fully saturated rings. The van der Waals surface area contributed by atoms with Gasteiger partial charge in [0.2, 0.25) is 0 Å². The number of benzene rings is 12. The molecule has 0 amide bonds. The van der Waals surface area contributed by atoms with E-state index in [-0.39, 0.29) is 39.6 Å². The average molecular weight is 1350 g/mol. The SMILES string of the molecule is CCOC(=O)c1cccc2c1-c1ccccc1C2=NN=C1c2ccccc2-c2c(C(=O)OCCOc3ccc(C4(c5ccc(OCCOC(=O)c6cccc7c6-c6ccccc6C7=NN=C6c7ccccc7-c7c(C(=O)OCC)cccc76)cc5)c5ccccc5-c5ccccc54)cc3)cccc21. The predicted molar refractivity (Wildman–Crippen MR) is 397 cm³/mol. The van der Waals surface area contributed by atoms with E-state index in [9.17, 15) is 19.2 Å². The van der Waals surface area contributed by atoms with E-state index in [0.29, 0.717) is 67.7 Å². The highest BCUT2D eigenvalue weighted by atomic mass is 16.6. The summed E-state index contributed by atoms with van der Waals surface area (Å²) in [4.78, 5) is 54.7. The molecule has 0 bridgehead atoms. The van der Waals surface area contributed by atoms with Crippen molar-refractivity contribution in [2.24, 2.45) is 20.4 Å². The first-order valence-electron chi connectivity index (χ1n) is 34.3. The molecule has 498 valence electrons. The Hall–Kier alpha value is -13.2. The Labute approximate surface area is 593 Å². The first kappa shape index (κ1) is 63.3. The lowest BCUT2D eigenvalue weighted by Crippen LogP contribution is -2.28. The van der Waals surface area contributed by atoms with Crippen LogP contribution in [-0.4, -0.2) is 86.4 Å². The summed E-state index contributed by atoms with van der Waals surface area (Å²) < 4.78 is 35.5. The lowest BCUT2D eigenvalue weighted by atomic mass is 9.68.